The zero-order chi connectivity index (χ0) is 27.4. The molecule has 216 valence electrons. The van der Waals surface area contributed by atoms with E-state index in [-0.39, 0.29) is 11.2 Å². The molecule has 0 saturated heterocycles. The van der Waals surface area contributed by atoms with Crippen LogP contribution in [0.2, 0.25) is 0 Å². The monoisotopic (exact) mass is 518 g/mol. The Labute approximate surface area is 231 Å². The third kappa shape index (κ3) is 17.2. The first kappa shape index (κ1) is 34.0. The molecule has 3 heteroatoms. The van der Waals surface area contributed by atoms with Crippen LogP contribution in [-0.4, -0.2) is 29.5 Å². The fourth-order valence-corrected chi connectivity index (χ4v) is 5.15. The third-order valence-corrected chi connectivity index (χ3v) is 7.45. The maximum absolute atomic E-state index is 10.7. The van der Waals surface area contributed by atoms with Crippen LogP contribution in [0.3, 0.4) is 0 Å². The van der Waals surface area contributed by atoms with Gasteiger partial charge < -0.3 is 14.6 Å². The van der Waals surface area contributed by atoms with Crippen molar-refractivity contribution in [3.8, 4) is 5.75 Å². The summed E-state index contributed by atoms with van der Waals surface area (Å²) >= 11 is 0. The smallest absolute Gasteiger partial charge is 0.119 e. The molecule has 0 aromatic heterocycles. The molecule has 0 unspecified atom stereocenters. The van der Waals surface area contributed by atoms with Gasteiger partial charge in [0.25, 0.3) is 0 Å². The van der Waals surface area contributed by atoms with Gasteiger partial charge in [-0.1, -0.05) is 116 Å². The number of phenolic OH excluding ortho intramolecular Hbond substituents is 1. The lowest BCUT2D eigenvalue weighted by Gasteiger charge is -2.30. The lowest BCUT2D eigenvalue weighted by Crippen LogP contribution is -2.31. The molecule has 0 aliphatic carbocycles. The quantitative estimate of drug-likeness (QED) is 0.138. The van der Waals surface area contributed by atoms with Crippen LogP contribution in [0.25, 0.3) is 0 Å². The Hall–Kier alpha value is -1.06. The number of phenols is 1. The number of hydrogen-bond acceptors (Lipinski definition) is 3. The van der Waals surface area contributed by atoms with Gasteiger partial charge in [0.15, 0.2) is 0 Å². The highest BCUT2D eigenvalue weighted by Gasteiger charge is 2.26. The van der Waals surface area contributed by atoms with Crippen molar-refractivity contribution in [1.29, 1.82) is 0 Å². The van der Waals surface area contributed by atoms with Crippen molar-refractivity contribution in [3.05, 3.63) is 29.3 Å². The minimum Gasteiger partial charge on any atom is -0.508 e. The average molecular weight is 519 g/mol. The first-order chi connectivity index (χ1) is 17.7. The van der Waals surface area contributed by atoms with Crippen molar-refractivity contribution in [2.45, 2.75) is 168 Å². The van der Waals surface area contributed by atoms with E-state index in [0.717, 1.165) is 38.0 Å². The summed E-state index contributed by atoms with van der Waals surface area (Å²) in [6.07, 6.45) is 22.4. The van der Waals surface area contributed by atoms with Gasteiger partial charge in [0, 0.05) is 26.1 Å². The fraction of sp³-hybridized carbons (Fsp3) is 0.824. The van der Waals surface area contributed by atoms with Crippen LogP contribution in [-0.2, 0) is 22.3 Å². The Balaban J connectivity index is 2.44. The van der Waals surface area contributed by atoms with E-state index < -0.39 is 0 Å². The molecule has 3 nitrogen and oxygen atoms in total. The van der Waals surface area contributed by atoms with E-state index >= 15 is 0 Å². The van der Waals surface area contributed by atoms with E-state index in [9.17, 15) is 5.11 Å². The summed E-state index contributed by atoms with van der Waals surface area (Å²) in [5.74, 6) is 0.375. The second-order valence-electron chi connectivity index (χ2n) is 12.4. The van der Waals surface area contributed by atoms with E-state index in [1.807, 2.05) is 12.1 Å². The summed E-state index contributed by atoms with van der Waals surface area (Å²) in [4.78, 5) is 0. The SMILES string of the molecule is CCCCCCCCCCOC(C)(C)Cc1cccc(O)c1CC(C)(C)OCCCCCCCCCC. The fourth-order valence-electron chi connectivity index (χ4n) is 5.15. The van der Waals surface area contributed by atoms with E-state index in [4.69, 9.17) is 9.47 Å². The summed E-state index contributed by atoms with van der Waals surface area (Å²) < 4.78 is 12.6. The molecule has 1 N–H and O–H groups in total. The lowest BCUT2D eigenvalue weighted by atomic mass is 9.88. The van der Waals surface area contributed by atoms with E-state index in [1.165, 1.54) is 95.5 Å². The molecule has 0 aliphatic heterocycles. The molecule has 0 saturated carbocycles. The topological polar surface area (TPSA) is 38.7 Å². The molecule has 1 aromatic carbocycles. The van der Waals surface area contributed by atoms with Gasteiger partial charge in [0.05, 0.1) is 11.2 Å². The van der Waals surface area contributed by atoms with Crippen LogP contribution >= 0.6 is 0 Å². The Morgan fingerprint density at radius 3 is 1.43 bits per heavy atom. The highest BCUT2D eigenvalue weighted by atomic mass is 16.5. The largest absolute Gasteiger partial charge is 0.508 e. The number of hydrogen-bond donors (Lipinski definition) is 1. The Bertz CT molecular complexity index is 680. The van der Waals surface area contributed by atoms with Crippen LogP contribution in [0, 0.1) is 0 Å². The molecule has 1 rings (SSSR count). The zero-order valence-corrected chi connectivity index (χ0v) is 25.6. The maximum Gasteiger partial charge on any atom is 0.119 e. The minimum absolute atomic E-state index is 0.258. The van der Waals surface area contributed by atoms with Gasteiger partial charge in [-0.25, -0.2) is 0 Å². The maximum atomic E-state index is 10.7. The van der Waals surface area contributed by atoms with Crippen LogP contribution in [0.1, 0.15) is 155 Å². The first-order valence-electron chi connectivity index (χ1n) is 15.8. The predicted molar refractivity (Wildman–Crippen MR) is 161 cm³/mol. The zero-order valence-electron chi connectivity index (χ0n) is 25.6. The van der Waals surface area contributed by atoms with Gasteiger partial charge in [-0.05, 0) is 57.7 Å². The number of aromatic hydroxyl groups is 1. The minimum atomic E-state index is -0.309. The van der Waals surface area contributed by atoms with Crippen molar-refractivity contribution in [1.82, 2.24) is 0 Å². The second-order valence-corrected chi connectivity index (χ2v) is 12.4. The molecule has 0 atom stereocenters. The van der Waals surface area contributed by atoms with Crippen molar-refractivity contribution in [2.75, 3.05) is 13.2 Å². The summed E-state index contributed by atoms with van der Waals surface area (Å²) in [6.45, 7) is 14.8. The Morgan fingerprint density at radius 2 is 0.973 bits per heavy atom. The molecule has 0 amide bonds. The van der Waals surface area contributed by atoms with Gasteiger partial charge in [0.1, 0.15) is 5.75 Å². The van der Waals surface area contributed by atoms with Crippen LogP contribution in [0.4, 0.5) is 0 Å². The lowest BCUT2D eigenvalue weighted by molar-refractivity contribution is -0.0231. The third-order valence-electron chi connectivity index (χ3n) is 7.45. The van der Waals surface area contributed by atoms with Gasteiger partial charge in [-0.15, -0.1) is 0 Å². The summed E-state index contributed by atoms with van der Waals surface area (Å²) in [6, 6.07) is 5.91. The van der Waals surface area contributed by atoms with E-state index in [1.54, 1.807) is 0 Å². The van der Waals surface area contributed by atoms with Crippen molar-refractivity contribution >= 4 is 0 Å². The predicted octanol–water partition coefficient (Wildman–Crippen LogP) is 10.3. The molecule has 0 spiro atoms. The van der Waals surface area contributed by atoms with Crippen LogP contribution in [0.15, 0.2) is 18.2 Å². The van der Waals surface area contributed by atoms with E-state index in [0.29, 0.717) is 12.2 Å². The highest BCUT2D eigenvalue weighted by Crippen LogP contribution is 2.31. The van der Waals surface area contributed by atoms with Gasteiger partial charge in [-0.3, -0.25) is 0 Å². The van der Waals surface area contributed by atoms with Crippen molar-refractivity contribution in [3.63, 3.8) is 0 Å². The van der Waals surface area contributed by atoms with Gasteiger partial charge in [-0.2, -0.15) is 0 Å². The number of rotatable bonds is 24. The summed E-state index contributed by atoms with van der Waals surface area (Å²) in [5.41, 5.74) is 1.61. The normalized spacial score (nSPS) is 12.4. The van der Waals surface area contributed by atoms with Crippen molar-refractivity contribution < 1.29 is 14.6 Å². The molecule has 37 heavy (non-hydrogen) atoms. The van der Waals surface area contributed by atoms with Gasteiger partial charge >= 0.3 is 0 Å². The number of ether oxygens (including phenoxy) is 2. The highest BCUT2D eigenvalue weighted by molar-refractivity contribution is 5.41. The first-order valence-corrected chi connectivity index (χ1v) is 15.8. The summed E-state index contributed by atoms with van der Waals surface area (Å²) in [7, 11) is 0. The van der Waals surface area contributed by atoms with Crippen LogP contribution < -0.4 is 0 Å². The molecular weight excluding hydrogens is 456 g/mol. The Kier molecular flexibility index (Phi) is 18.3. The molecule has 0 heterocycles. The average Bonchev–Trinajstić information content (AvgIpc) is 2.84. The standard InChI is InChI=1S/C34H62O3/c1-7-9-11-13-15-17-19-21-26-36-33(3,4)28-30-24-23-25-32(35)31(30)29-34(5,6)37-27-22-20-18-16-14-12-10-8-2/h23-25,35H,7-22,26-29H2,1-6H3. The number of unbranched alkanes of at least 4 members (excludes halogenated alkanes) is 14. The van der Waals surface area contributed by atoms with Crippen molar-refractivity contribution in [2.24, 2.45) is 0 Å². The summed E-state index contributed by atoms with van der Waals surface area (Å²) in [5, 5.41) is 10.7. The molecule has 1 aromatic rings. The second kappa shape index (κ2) is 19.9. The molecule has 0 radical (unpaired) electrons. The molecule has 0 aliphatic rings. The Morgan fingerprint density at radius 1 is 0.568 bits per heavy atom. The number of benzene rings is 1. The molecule has 0 fully saturated rings. The molecule has 0 bridgehead atoms. The van der Waals surface area contributed by atoms with E-state index in [2.05, 4.69) is 47.6 Å². The van der Waals surface area contributed by atoms with Crippen LogP contribution in [0.5, 0.6) is 5.75 Å². The van der Waals surface area contributed by atoms with Gasteiger partial charge in [0.2, 0.25) is 0 Å². The molecular formula is C34H62O3.